The minimum atomic E-state index is -2.85. The normalized spacial score (nSPS) is 17.7. The fraction of sp³-hybridized carbons (Fsp3) is 0.286. The minimum Gasteiger partial charge on any atom is -0.147 e. The molecular weight excluding hydrogens is 358 g/mol. The molecule has 0 spiro atoms. The van der Waals surface area contributed by atoms with Crippen LogP contribution in [-0.4, -0.2) is 6.88 Å². The Labute approximate surface area is 125 Å². The van der Waals surface area contributed by atoms with Crippen molar-refractivity contribution in [1.82, 2.24) is 0 Å². The fourth-order valence-electron chi connectivity index (χ4n) is 2.83. The van der Waals surface area contributed by atoms with Gasteiger partial charge in [0.1, 0.15) is 0 Å². The molecule has 0 atom stereocenters. The third kappa shape index (κ3) is 3.10. The largest absolute Gasteiger partial charge is 0.147 e. The minimum absolute atomic E-state index is 0. The first kappa shape index (κ1) is 18.4. The van der Waals surface area contributed by atoms with Crippen LogP contribution in [0.5, 0.6) is 0 Å². The van der Waals surface area contributed by atoms with Crippen LogP contribution < -0.4 is 0 Å². The summed E-state index contributed by atoms with van der Waals surface area (Å²) in [4.78, 5) is 0. The summed E-state index contributed by atoms with van der Waals surface area (Å²) in [6, 6.07) is 0. The van der Waals surface area contributed by atoms with Crippen LogP contribution in [0.1, 0.15) is 12.8 Å². The van der Waals surface area contributed by atoms with Crippen molar-refractivity contribution in [2.75, 3.05) is 0 Å². The smallest absolute Gasteiger partial charge is 0.147 e. The number of hydrogen-bond donors (Lipinski definition) is 0. The van der Waals surface area contributed by atoms with Crippen LogP contribution in [0.3, 0.4) is 0 Å². The molecule has 0 saturated carbocycles. The van der Waals surface area contributed by atoms with E-state index in [1.54, 1.807) is 6.56 Å². The van der Waals surface area contributed by atoms with Gasteiger partial charge in [0.25, 0.3) is 0 Å². The molecule has 0 aromatic rings. The number of allylic oxidation sites excluding steroid dienone is 9. The van der Waals surface area contributed by atoms with Crippen molar-refractivity contribution in [3.05, 3.63) is 55.7 Å². The van der Waals surface area contributed by atoms with Crippen molar-refractivity contribution < 1.29 is 17.4 Å². The molecule has 0 unspecified atom stereocenters. The monoisotopic (exact) mass is 378 g/mol. The van der Waals surface area contributed by atoms with Gasteiger partial charge in [-0.3, -0.25) is 0 Å². The molecule has 100 valence electrons. The van der Waals surface area contributed by atoms with E-state index < -0.39 is 17.4 Å². The Kier molecular flexibility index (Phi) is 6.84. The van der Waals surface area contributed by atoms with Gasteiger partial charge in [-0.2, -0.15) is 0 Å². The third-order valence-electron chi connectivity index (χ3n) is 4.11. The van der Waals surface area contributed by atoms with E-state index in [9.17, 15) is 0 Å². The summed E-state index contributed by atoms with van der Waals surface area (Å²) >= 11 is -2.85. The van der Waals surface area contributed by atoms with Gasteiger partial charge in [-0.15, -0.1) is 24.8 Å². The second kappa shape index (κ2) is 6.70. The van der Waals surface area contributed by atoms with E-state index in [0.717, 1.165) is 0 Å². The van der Waals surface area contributed by atoms with Gasteiger partial charge < -0.3 is 0 Å². The van der Waals surface area contributed by atoms with Crippen LogP contribution in [-0.2, 0) is 17.4 Å². The van der Waals surface area contributed by atoms with Gasteiger partial charge in [0.15, 0.2) is 0 Å². The van der Waals surface area contributed by atoms with Crippen molar-refractivity contribution >= 4 is 31.7 Å². The molecule has 2 rings (SSSR count). The maximum absolute atomic E-state index is 4.00. The van der Waals surface area contributed by atoms with Crippen molar-refractivity contribution in [3.8, 4) is 0 Å². The second-order valence-electron chi connectivity index (χ2n) is 5.43. The van der Waals surface area contributed by atoms with Crippen LogP contribution in [0.2, 0.25) is 8.76 Å². The Morgan fingerprint density at radius 2 is 1.61 bits per heavy atom. The standard InChI is InChI=1S/2C5H5.C3H5.CH3.2ClH.H2Si.Zr/c2*1-2-4-5-3-1;1-3-2;;;;;/h2*1-3H,4H2;3H,1-2H2;1H3;2*1H;1H2;. The zero-order valence-corrected chi connectivity index (χ0v) is 16.4. The fourth-order valence-corrected chi connectivity index (χ4v) is 17.7. The van der Waals surface area contributed by atoms with E-state index >= 15 is 0 Å². The number of halogens is 2. The Morgan fingerprint density at radius 3 is 1.89 bits per heavy atom. The van der Waals surface area contributed by atoms with Crippen molar-refractivity contribution in [2.24, 2.45) is 0 Å². The van der Waals surface area contributed by atoms with Crippen LogP contribution in [0.15, 0.2) is 55.7 Å². The van der Waals surface area contributed by atoms with Crippen LogP contribution in [0.4, 0.5) is 0 Å². The van der Waals surface area contributed by atoms with Gasteiger partial charge in [-0.25, -0.2) is 0 Å². The molecule has 0 heterocycles. The summed E-state index contributed by atoms with van der Waals surface area (Å²) in [6.45, 7) is 6.32. The molecule has 2 aliphatic rings. The molecule has 0 fully saturated rings. The zero-order chi connectivity index (χ0) is 11.7. The molecule has 18 heavy (non-hydrogen) atoms. The summed E-state index contributed by atoms with van der Waals surface area (Å²) in [5.74, 6) is 0. The van der Waals surface area contributed by atoms with Gasteiger partial charge in [0, 0.05) is 0 Å². The SMILES string of the molecule is C=C[CH2][Zr]([CH3])(=[SiH2])([C]1=CC=CC1)[C]1=CC=CC1.Cl.Cl. The molecular formula is C14H22Cl2SiZr. The molecule has 0 aromatic heterocycles. The molecule has 0 amide bonds. The molecule has 0 aromatic carbocycles. The van der Waals surface area contributed by atoms with Crippen molar-refractivity contribution in [3.63, 3.8) is 0 Å². The molecule has 0 bridgehead atoms. The van der Waals surface area contributed by atoms with Crippen molar-refractivity contribution in [1.29, 1.82) is 0 Å². The van der Waals surface area contributed by atoms with Gasteiger partial charge >= 0.3 is 102 Å². The first-order valence-corrected chi connectivity index (χ1v) is 18.5. The third-order valence-corrected chi connectivity index (χ3v) is 25.6. The Balaban J connectivity index is 0.00000144. The Hall–Kier alpha value is 0.380. The quantitative estimate of drug-likeness (QED) is 0.501. The maximum atomic E-state index is 4.00. The molecule has 0 N–H and O–H groups in total. The summed E-state index contributed by atoms with van der Waals surface area (Å²) in [7, 11) is 0. The van der Waals surface area contributed by atoms with Crippen LogP contribution >= 0.6 is 24.8 Å². The number of rotatable bonds is 4. The van der Waals surface area contributed by atoms with E-state index in [4.69, 9.17) is 0 Å². The summed E-state index contributed by atoms with van der Waals surface area (Å²) in [6.07, 6.45) is 18.3. The molecule has 4 heteroatoms. The molecule has 0 saturated heterocycles. The second-order valence-corrected chi connectivity index (χ2v) is 32.2. The van der Waals surface area contributed by atoms with Crippen LogP contribution in [0, 0.1) is 0 Å². The van der Waals surface area contributed by atoms with Gasteiger partial charge in [0.2, 0.25) is 0 Å². The predicted octanol–water partition coefficient (Wildman–Crippen LogP) is 4.41. The van der Waals surface area contributed by atoms with Crippen LogP contribution in [0.25, 0.3) is 0 Å². The molecule has 0 nitrogen and oxygen atoms in total. The first-order valence-electron chi connectivity index (χ1n) is 5.96. The van der Waals surface area contributed by atoms with Gasteiger partial charge in [-0.05, 0) is 0 Å². The number of hydrogen-bond acceptors (Lipinski definition) is 0. The molecule has 0 radical (unpaired) electrons. The summed E-state index contributed by atoms with van der Waals surface area (Å²) < 4.78 is 7.27. The average Bonchev–Trinajstić information content (AvgIpc) is 2.93. The Morgan fingerprint density at radius 1 is 1.17 bits per heavy atom. The van der Waals surface area contributed by atoms with E-state index in [-0.39, 0.29) is 24.8 Å². The predicted molar refractivity (Wildman–Crippen MR) is 87.6 cm³/mol. The molecule has 0 aliphatic heterocycles. The van der Waals surface area contributed by atoms with E-state index in [1.165, 1.54) is 17.0 Å². The Bertz CT molecular complexity index is 476. The first-order chi connectivity index (χ1) is 7.57. The maximum Gasteiger partial charge on any atom is -0.147 e. The topological polar surface area (TPSA) is 0 Å². The van der Waals surface area contributed by atoms with E-state index in [2.05, 4.69) is 60.6 Å². The van der Waals surface area contributed by atoms with Gasteiger partial charge in [-0.1, -0.05) is 0 Å². The van der Waals surface area contributed by atoms with E-state index in [0.29, 0.717) is 0 Å². The average molecular weight is 381 g/mol. The summed E-state index contributed by atoms with van der Waals surface area (Å²) in [5, 5.41) is 0. The molecule has 2 aliphatic carbocycles. The van der Waals surface area contributed by atoms with E-state index in [1.807, 2.05) is 0 Å². The summed E-state index contributed by atoms with van der Waals surface area (Å²) in [5.41, 5.74) is 0. The van der Waals surface area contributed by atoms with Gasteiger partial charge in [0.05, 0.1) is 0 Å². The zero-order valence-electron chi connectivity index (χ0n) is 10.9. The van der Waals surface area contributed by atoms with Crippen molar-refractivity contribution in [2.45, 2.75) is 21.6 Å².